The normalized spacial score (nSPS) is 22.1. The van der Waals surface area contributed by atoms with Crippen molar-refractivity contribution < 1.29 is 13.2 Å². The number of amides is 1. The molecule has 0 saturated carbocycles. The second kappa shape index (κ2) is 7.11. The van der Waals surface area contributed by atoms with Gasteiger partial charge in [0, 0.05) is 13.1 Å². The molecule has 3 heterocycles. The van der Waals surface area contributed by atoms with Crippen LogP contribution in [0.5, 0.6) is 0 Å². The monoisotopic (exact) mass is 387 g/mol. The average molecular weight is 388 g/mol. The lowest BCUT2D eigenvalue weighted by Crippen LogP contribution is -2.35. The van der Waals surface area contributed by atoms with Gasteiger partial charge in [0.25, 0.3) is 5.91 Å². The Morgan fingerprint density at radius 3 is 2.44 bits per heavy atom. The number of hydrogen-bond acceptors (Lipinski definition) is 4. The predicted octanol–water partition coefficient (Wildman–Crippen LogP) is 2.84. The molecule has 1 amide bonds. The summed E-state index contributed by atoms with van der Waals surface area (Å²) in [5.74, 6) is 0.216. The molecule has 1 unspecified atom stereocenters. The summed E-state index contributed by atoms with van der Waals surface area (Å²) < 4.78 is 25.7. The third kappa shape index (κ3) is 3.78. The molecule has 1 atom stereocenters. The fourth-order valence-corrected chi connectivity index (χ4v) is 5.64. The largest absolute Gasteiger partial charge is 0.337 e. The van der Waals surface area contributed by atoms with Crippen LogP contribution in [0.2, 0.25) is 0 Å². The SMILES string of the molecule is Cc1ccc(-c2cc(C(=O)N3CCCCC3)nn2C2CCS(=O)(=O)C2)cc1. The minimum Gasteiger partial charge on any atom is -0.337 e. The van der Waals surface area contributed by atoms with Gasteiger partial charge in [-0.2, -0.15) is 5.10 Å². The first-order valence-corrected chi connectivity index (χ1v) is 11.4. The first-order chi connectivity index (χ1) is 12.9. The number of benzene rings is 1. The summed E-state index contributed by atoms with van der Waals surface area (Å²) >= 11 is 0. The summed E-state index contributed by atoms with van der Waals surface area (Å²) in [4.78, 5) is 14.8. The van der Waals surface area contributed by atoms with Crippen LogP contribution in [0.3, 0.4) is 0 Å². The highest BCUT2D eigenvalue weighted by atomic mass is 32.2. The van der Waals surface area contributed by atoms with Crippen molar-refractivity contribution >= 4 is 15.7 Å². The highest BCUT2D eigenvalue weighted by Gasteiger charge is 2.32. The summed E-state index contributed by atoms with van der Waals surface area (Å²) in [7, 11) is -3.04. The van der Waals surface area contributed by atoms with Crippen LogP contribution < -0.4 is 0 Å². The van der Waals surface area contributed by atoms with E-state index in [1.165, 1.54) is 0 Å². The number of piperidine rings is 1. The second-order valence-electron chi connectivity index (χ2n) is 7.64. The van der Waals surface area contributed by atoms with Crippen molar-refractivity contribution in [3.05, 3.63) is 41.6 Å². The summed E-state index contributed by atoms with van der Waals surface area (Å²) in [5, 5.41) is 4.59. The van der Waals surface area contributed by atoms with E-state index in [-0.39, 0.29) is 23.5 Å². The molecule has 144 valence electrons. The summed E-state index contributed by atoms with van der Waals surface area (Å²) in [6.07, 6.45) is 3.75. The van der Waals surface area contributed by atoms with Gasteiger partial charge in [-0.15, -0.1) is 0 Å². The van der Waals surface area contributed by atoms with E-state index >= 15 is 0 Å². The summed E-state index contributed by atoms with van der Waals surface area (Å²) in [6.45, 7) is 3.56. The lowest BCUT2D eigenvalue weighted by atomic mass is 10.1. The fraction of sp³-hybridized carbons (Fsp3) is 0.500. The molecule has 1 aromatic carbocycles. The van der Waals surface area contributed by atoms with Gasteiger partial charge in [-0.05, 0) is 44.2 Å². The van der Waals surface area contributed by atoms with Crippen molar-refractivity contribution in [3.8, 4) is 11.3 Å². The molecule has 7 heteroatoms. The Bertz CT molecular complexity index is 941. The number of nitrogens with zero attached hydrogens (tertiary/aromatic N) is 3. The molecule has 27 heavy (non-hydrogen) atoms. The molecule has 2 saturated heterocycles. The second-order valence-corrected chi connectivity index (χ2v) is 9.86. The standard InChI is InChI=1S/C20H25N3O3S/c1-15-5-7-16(8-6-15)19-13-18(20(24)22-10-3-2-4-11-22)21-23(19)17-9-12-27(25,26)14-17/h5-8,13,17H,2-4,9-12,14H2,1H3. The van der Waals surface area contributed by atoms with E-state index < -0.39 is 9.84 Å². The first kappa shape index (κ1) is 18.2. The molecule has 2 aromatic rings. The van der Waals surface area contributed by atoms with E-state index in [2.05, 4.69) is 5.10 Å². The topological polar surface area (TPSA) is 72.3 Å². The van der Waals surface area contributed by atoms with Gasteiger partial charge >= 0.3 is 0 Å². The average Bonchev–Trinajstić information content (AvgIpc) is 3.26. The maximum Gasteiger partial charge on any atom is 0.274 e. The van der Waals surface area contributed by atoms with Crippen molar-refractivity contribution in [2.45, 2.75) is 38.6 Å². The molecular formula is C20H25N3O3S. The van der Waals surface area contributed by atoms with Gasteiger partial charge in [-0.3, -0.25) is 9.48 Å². The van der Waals surface area contributed by atoms with Gasteiger partial charge in [-0.25, -0.2) is 8.42 Å². The molecule has 0 spiro atoms. The smallest absolute Gasteiger partial charge is 0.274 e. The van der Waals surface area contributed by atoms with Crippen LogP contribution in [0, 0.1) is 6.92 Å². The summed E-state index contributed by atoms with van der Waals surface area (Å²) in [5.41, 5.74) is 3.34. The van der Waals surface area contributed by atoms with Crippen LogP contribution >= 0.6 is 0 Å². The third-order valence-electron chi connectivity index (χ3n) is 5.50. The Morgan fingerprint density at radius 1 is 1.11 bits per heavy atom. The molecule has 2 fully saturated rings. The molecule has 4 rings (SSSR count). The Hall–Kier alpha value is -2.15. The zero-order valence-corrected chi connectivity index (χ0v) is 16.4. The van der Waals surface area contributed by atoms with Crippen molar-refractivity contribution in [2.75, 3.05) is 24.6 Å². The molecule has 1 aromatic heterocycles. The van der Waals surface area contributed by atoms with Gasteiger partial charge < -0.3 is 4.90 Å². The number of carbonyl (C=O) groups excluding carboxylic acids is 1. The number of likely N-dealkylation sites (tertiary alicyclic amines) is 1. The lowest BCUT2D eigenvalue weighted by Gasteiger charge is -2.25. The number of aromatic nitrogens is 2. The Kier molecular flexibility index (Phi) is 4.80. The number of aryl methyl sites for hydroxylation is 1. The van der Waals surface area contributed by atoms with Crippen molar-refractivity contribution in [1.29, 1.82) is 0 Å². The molecule has 2 aliphatic rings. The van der Waals surface area contributed by atoms with Crippen LogP contribution in [0.25, 0.3) is 11.3 Å². The molecule has 0 bridgehead atoms. The van der Waals surface area contributed by atoms with Crippen molar-refractivity contribution in [3.63, 3.8) is 0 Å². The minimum absolute atomic E-state index is 0.0531. The van der Waals surface area contributed by atoms with Gasteiger partial charge in [0.15, 0.2) is 15.5 Å². The lowest BCUT2D eigenvalue weighted by molar-refractivity contribution is 0.0717. The van der Waals surface area contributed by atoms with Crippen LogP contribution in [-0.2, 0) is 9.84 Å². The van der Waals surface area contributed by atoms with E-state index in [0.29, 0.717) is 12.1 Å². The third-order valence-corrected chi connectivity index (χ3v) is 7.25. The summed E-state index contributed by atoms with van der Waals surface area (Å²) in [6, 6.07) is 9.65. The Balaban J connectivity index is 1.72. The molecular weight excluding hydrogens is 362 g/mol. The van der Waals surface area contributed by atoms with Gasteiger partial charge in [-0.1, -0.05) is 29.8 Å². The van der Waals surface area contributed by atoms with Gasteiger partial charge in [0.2, 0.25) is 0 Å². The molecule has 2 aliphatic heterocycles. The van der Waals surface area contributed by atoms with Gasteiger partial charge in [0.05, 0.1) is 23.2 Å². The maximum absolute atomic E-state index is 12.9. The van der Waals surface area contributed by atoms with E-state index in [4.69, 9.17) is 0 Å². The van der Waals surface area contributed by atoms with Crippen LogP contribution in [-0.4, -0.2) is 53.6 Å². The van der Waals surface area contributed by atoms with Crippen LogP contribution in [0.1, 0.15) is 47.8 Å². The molecule has 0 radical (unpaired) electrons. The van der Waals surface area contributed by atoms with E-state index in [1.807, 2.05) is 42.2 Å². The minimum atomic E-state index is -3.04. The van der Waals surface area contributed by atoms with Crippen LogP contribution in [0.15, 0.2) is 30.3 Å². The zero-order chi connectivity index (χ0) is 19.0. The Labute approximate surface area is 160 Å². The number of carbonyl (C=O) groups is 1. The Morgan fingerprint density at radius 2 is 1.81 bits per heavy atom. The van der Waals surface area contributed by atoms with E-state index in [1.54, 1.807) is 4.68 Å². The molecule has 0 aliphatic carbocycles. The highest BCUT2D eigenvalue weighted by Crippen LogP contribution is 2.30. The van der Waals surface area contributed by atoms with Gasteiger partial charge in [0.1, 0.15) is 0 Å². The maximum atomic E-state index is 12.9. The fourth-order valence-electron chi connectivity index (χ4n) is 3.94. The van der Waals surface area contributed by atoms with E-state index in [9.17, 15) is 13.2 Å². The number of sulfone groups is 1. The van der Waals surface area contributed by atoms with Crippen molar-refractivity contribution in [1.82, 2.24) is 14.7 Å². The highest BCUT2D eigenvalue weighted by molar-refractivity contribution is 7.91. The van der Waals surface area contributed by atoms with Crippen LogP contribution in [0.4, 0.5) is 0 Å². The predicted molar refractivity (Wildman–Crippen MR) is 104 cm³/mol. The quantitative estimate of drug-likeness (QED) is 0.812. The molecule has 0 N–H and O–H groups in total. The first-order valence-electron chi connectivity index (χ1n) is 9.59. The number of rotatable bonds is 3. The number of hydrogen-bond donors (Lipinski definition) is 0. The zero-order valence-electron chi connectivity index (χ0n) is 15.6. The molecule has 6 nitrogen and oxygen atoms in total. The van der Waals surface area contributed by atoms with E-state index in [0.717, 1.165) is 49.2 Å². The van der Waals surface area contributed by atoms with Crippen molar-refractivity contribution in [2.24, 2.45) is 0 Å².